The van der Waals surface area contributed by atoms with E-state index in [4.69, 9.17) is 9.47 Å². The summed E-state index contributed by atoms with van der Waals surface area (Å²) in [6.07, 6.45) is 3.29. The number of aliphatic hydroxyl groups is 2. The first-order chi connectivity index (χ1) is 25.1. The molecule has 3 unspecified atom stereocenters. The van der Waals surface area contributed by atoms with Gasteiger partial charge >= 0.3 is 0 Å². The number of rotatable bonds is 16. The average Bonchev–Trinajstić information content (AvgIpc) is 3.46. The van der Waals surface area contributed by atoms with E-state index in [1.54, 1.807) is 18.7 Å². The standard InChI is InChI=1S/C35H44N2O14S3/c1-34(10-5-17-52(41,42)43)26-18-22(53(44,45)46)7-9-29(26)37(13-16-51-4)30(34)20-24-32(39)25(33(24)40)21-31-35(2,11-15-50-3)27-19-23(54(47,48)49)6-8-28(27)36(31)12-14-38/h6-9,18-21,30,38-39H,5,10-17H2,1-4H3,(H,41,42,43)(H,44,45,46)(H,47,48,49)/b24-20-,31-21+. The third-order valence-electron chi connectivity index (χ3n) is 10.6. The molecule has 0 fully saturated rings. The molecule has 0 radical (unpaired) electrons. The Labute approximate surface area is 314 Å². The number of fused-ring (bicyclic) bond motifs is 2. The van der Waals surface area contributed by atoms with E-state index in [0.717, 1.165) is 0 Å². The van der Waals surface area contributed by atoms with Crippen molar-refractivity contribution in [2.45, 2.75) is 59.8 Å². The highest BCUT2D eigenvalue weighted by Crippen LogP contribution is 2.53. The normalized spacial score (nSPS) is 24.4. The van der Waals surface area contributed by atoms with Crippen LogP contribution < -0.4 is 9.80 Å². The summed E-state index contributed by atoms with van der Waals surface area (Å²) in [5, 5.41) is 21.6. The molecule has 0 spiro atoms. The number of β-amino-alcohol motifs (C(OH)–C–C–N with tert-alkyl or cyclic N) is 1. The zero-order valence-electron chi connectivity index (χ0n) is 30.1. The molecule has 54 heavy (non-hydrogen) atoms. The third kappa shape index (κ3) is 7.74. The Morgan fingerprint density at radius 2 is 1.43 bits per heavy atom. The molecule has 2 aromatic rings. The molecule has 0 aromatic heterocycles. The van der Waals surface area contributed by atoms with Crippen molar-refractivity contribution in [3.05, 3.63) is 82.3 Å². The molecule has 0 saturated carbocycles. The highest BCUT2D eigenvalue weighted by Gasteiger charge is 2.49. The van der Waals surface area contributed by atoms with Gasteiger partial charge in [-0.25, -0.2) is 0 Å². The van der Waals surface area contributed by atoms with E-state index in [2.05, 4.69) is 0 Å². The lowest BCUT2D eigenvalue weighted by Crippen LogP contribution is -2.44. The number of nitrogens with zero attached hydrogens (tertiary/aromatic N) is 2. The Bertz CT molecular complexity index is 2270. The molecule has 2 heterocycles. The van der Waals surface area contributed by atoms with Crippen molar-refractivity contribution in [3.8, 4) is 0 Å². The molecule has 0 amide bonds. The summed E-state index contributed by atoms with van der Waals surface area (Å²) < 4.78 is 112. The summed E-state index contributed by atoms with van der Waals surface area (Å²) in [4.78, 5) is 16.8. The molecule has 1 aliphatic carbocycles. The minimum atomic E-state index is -4.65. The molecule has 2 aromatic carbocycles. The maximum absolute atomic E-state index is 14.0. The van der Waals surface area contributed by atoms with Crippen LogP contribution in [0.1, 0.15) is 44.2 Å². The SMILES string of the molecule is COCCN1c2ccc(S(=O)(=O)O)cc2C(C)(CCCS(=O)(=O)O)C1/C=C1\C(=O)C(/C=C2/N(CCO)c3ccc(S(=O)(=O)O)cc3C2(C)CCOC)=C1O. The van der Waals surface area contributed by atoms with Crippen LogP contribution in [0.4, 0.5) is 11.4 Å². The fourth-order valence-electron chi connectivity index (χ4n) is 7.76. The molecule has 5 N–H and O–H groups in total. The van der Waals surface area contributed by atoms with Crippen LogP contribution in [-0.4, -0.2) is 114 Å². The highest BCUT2D eigenvalue weighted by atomic mass is 32.2. The van der Waals surface area contributed by atoms with Crippen molar-refractivity contribution in [1.82, 2.24) is 0 Å². The maximum Gasteiger partial charge on any atom is 0.294 e. The van der Waals surface area contributed by atoms with Crippen LogP contribution in [0.3, 0.4) is 0 Å². The monoisotopic (exact) mass is 812 g/mol. The molecule has 16 nitrogen and oxygen atoms in total. The summed E-state index contributed by atoms with van der Waals surface area (Å²) in [5.41, 5.74) is 0.110. The quantitative estimate of drug-likeness (QED) is 0.121. The van der Waals surface area contributed by atoms with Crippen molar-refractivity contribution >= 4 is 47.5 Å². The van der Waals surface area contributed by atoms with Crippen molar-refractivity contribution in [3.63, 3.8) is 0 Å². The summed E-state index contributed by atoms with van der Waals surface area (Å²) in [6, 6.07) is 7.25. The van der Waals surface area contributed by atoms with Crippen LogP contribution in [0.5, 0.6) is 0 Å². The molecule has 5 rings (SSSR count). The predicted molar refractivity (Wildman–Crippen MR) is 198 cm³/mol. The van der Waals surface area contributed by atoms with Gasteiger partial charge in [-0.2, -0.15) is 25.3 Å². The lowest BCUT2D eigenvalue weighted by molar-refractivity contribution is -0.113. The molecular weight excluding hydrogens is 769 g/mol. The van der Waals surface area contributed by atoms with Gasteiger partial charge in [0.25, 0.3) is 30.4 Å². The van der Waals surface area contributed by atoms with Crippen LogP contribution in [0, 0.1) is 0 Å². The van der Waals surface area contributed by atoms with Gasteiger partial charge in [0.1, 0.15) is 5.76 Å². The number of benzene rings is 2. The van der Waals surface area contributed by atoms with Crippen molar-refractivity contribution in [2.75, 3.05) is 62.7 Å². The smallest absolute Gasteiger partial charge is 0.294 e. The van der Waals surface area contributed by atoms with E-state index in [0.29, 0.717) is 28.2 Å². The van der Waals surface area contributed by atoms with Crippen molar-refractivity contribution < 1.29 is 63.4 Å². The second-order valence-electron chi connectivity index (χ2n) is 13.9. The van der Waals surface area contributed by atoms with Gasteiger partial charge in [-0.1, -0.05) is 6.92 Å². The van der Waals surface area contributed by atoms with Gasteiger partial charge in [-0.3, -0.25) is 18.5 Å². The Kier molecular flexibility index (Phi) is 11.6. The van der Waals surface area contributed by atoms with Gasteiger partial charge in [-0.05, 0) is 85.9 Å². The number of hydrogen-bond acceptors (Lipinski definition) is 13. The van der Waals surface area contributed by atoms with Crippen LogP contribution in [0.25, 0.3) is 0 Å². The predicted octanol–water partition coefficient (Wildman–Crippen LogP) is 2.95. The zero-order chi connectivity index (χ0) is 40.0. The van der Waals surface area contributed by atoms with Crippen molar-refractivity contribution in [2.24, 2.45) is 0 Å². The van der Waals surface area contributed by atoms with Gasteiger partial charge in [0.15, 0.2) is 5.78 Å². The number of ether oxygens (including phenoxy) is 2. The molecule has 2 aliphatic heterocycles. The van der Waals surface area contributed by atoms with E-state index >= 15 is 0 Å². The summed E-state index contributed by atoms with van der Waals surface area (Å²) in [6.45, 7) is 3.86. The number of anilines is 2. The number of Topliss-reactive ketones (excluding diaryl/α,β-unsaturated/α-hetero) is 1. The summed E-state index contributed by atoms with van der Waals surface area (Å²) >= 11 is 0. The molecule has 19 heteroatoms. The molecule has 3 atom stereocenters. The number of aliphatic hydroxyl groups excluding tert-OH is 2. The first kappa shape index (κ1) is 41.5. The number of allylic oxidation sites excluding steroid dienone is 4. The second-order valence-corrected chi connectivity index (χ2v) is 18.3. The van der Waals surface area contributed by atoms with Gasteiger partial charge < -0.3 is 29.5 Å². The van der Waals surface area contributed by atoms with Gasteiger partial charge in [0, 0.05) is 61.8 Å². The Balaban J connectivity index is 1.65. The fourth-order valence-corrected chi connectivity index (χ4v) is 9.28. The number of hydrogen-bond donors (Lipinski definition) is 5. The summed E-state index contributed by atoms with van der Waals surface area (Å²) in [5.74, 6) is -1.53. The fraction of sp³-hybridized carbons (Fsp3) is 0.457. The molecule has 296 valence electrons. The number of carbonyl (C=O) groups is 1. The lowest BCUT2D eigenvalue weighted by atomic mass is 9.72. The Morgan fingerprint density at radius 1 is 0.833 bits per heavy atom. The van der Waals surface area contributed by atoms with E-state index in [9.17, 15) is 53.9 Å². The number of carbonyl (C=O) groups excluding carboxylic acids is 1. The van der Waals surface area contributed by atoms with Gasteiger partial charge in [0.05, 0.1) is 45.9 Å². The average molecular weight is 813 g/mol. The maximum atomic E-state index is 14.0. The van der Waals surface area contributed by atoms with Crippen LogP contribution in [0.15, 0.2) is 80.9 Å². The second kappa shape index (κ2) is 15.1. The topological polar surface area (TPSA) is 246 Å². The van der Waals surface area contributed by atoms with Gasteiger partial charge in [-0.15, -0.1) is 0 Å². The summed E-state index contributed by atoms with van der Waals surface area (Å²) in [7, 11) is -10.6. The first-order valence-electron chi connectivity index (χ1n) is 16.9. The van der Waals surface area contributed by atoms with Crippen LogP contribution in [0.2, 0.25) is 0 Å². The molecule has 3 aliphatic rings. The van der Waals surface area contributed by atoms with Crippen LogP contribution in [-0.2, 0) is 55.5 Å². The van der Waals surface area contributed by atoms with Crippen LogP contribution >= 0.6 is 0 Å². The van der Waals surface area contributed by atoms with E-state index in [-0.39, 0.29) is 74.0 Å². The lowest BCUT2D eigenvalue weighted by Gasteiger charge is -2.37. The molecule has 0 saturated heterocycles. The molecular formula is C35H44N2O14S3. The largest absolute Gasteiger partial charge is 0.506 e. The minimum Gasteiger partial charge on any atom is -0.506 e. The number of ketones is 1. The zero-order valence-corrected chi connectivity index (χ0v) is 32.5. The first-order valence-corrected chi connectivity index (χ1v) is 21.4. The Morgan fingerprint density at radius 3 is 1.96 bits per heavy atom. The number of methoxy groups -OCH3 is 2. The highest BCUT2D eigenvalue weighted by molar-refractivity contribution is 7.86. The Hall–Kier alpha value is -3.66. The third-order valence-corrected chi connectivity index (χ3v) is 13.1. The minimum absolute atomic E-state index is 0.0415. The van der Waals surface area contributed by atoms with Crippen molar-refractivity contribution in [1.29, 1.82) is 0 Å². The van der Waals surface area contributed by atoms with E-state index in [1.165, 1.54) is 62.8 Å². The van der Waals surface area contributed by atoms with Gasteiger partial charge in [0.2, 0.25) is 0 Å². The van der Waals surface area contributed by atoms with E-state index < -0.39 is 63.7 Å². The van der Waals surface area contributed by atoms with E-state index in [1.807, 2.05) is 4.90 Å². The molecule has 0 bridgehead atoms.